The lowest BCUT2D eigenvalue weighted by molar-refractivity contribution is 0.281. The van der Waals surface area contributed by atoms with Crippen molar-refractivity contribution in [3.8, 4) is 0 Å². The number of aromatic nitrogens is 2. The largest absolute Gasteiger partial charge is 0.392 e. The van der Waals surface area contributed by atoms with E-state index in [1.165, 1.54) is 17.8 Å². The fraction of sp³-hybridized carbons (Fsp3) is 0.250. The molecule has 17 heavy (non-hydrogen) atoms. The van der Waals surface area contributed by atoms with Gasteiger partial charge in [-0.25, -0.2) is 4.39 Å². The minimum atomic E-state index is -0.319. The van der Waals surface area contributed by atoms with Crippen LogP contribution < -0.4 is 0 Å². The van der Waals surface area contributed by atoms with Crippen LogP contribution in [-0.4, -0.2) is 14.9 Å². The van der Waals surface area contributed by atoms with Gasteiger partial charge in [0.2, 0.25) is 0 Å². The van der Waals surface area contributed by atoms with E-state index in [1.54, 1.807) is 16.8 Å². The molecule has 0 aliphatic carbocycles. The van der Waals surface area contributed by atoms with Crippen LogP contribution in [0.25, 0.3) is 0 Å². The smallest absolute Gasteiger partial charge is 0.137 e. The van der Waals surface area contributed by atoms with Crippen LogP contribution >= 0.6 is 11.8 Å². The topological polar surface area (TPSA) is 38.0 Å². The van der Waals surface area contributed by atoms with Crippen molar-refractivity contribution in [2.24, 2.45) is 7.05 Å². The lowest BCUT2D eigenvalue weighted by Gasteiger charge is -2.04. The molecular weight excluding hydrogens is 239 g/mol. The third-order valence-electron chi connectivity index (χ3n) is 2.35. The summed E-state index contributed by atoms with van der Waals surface area (Å²) in [5.74, 6) is -0.319. The Kier molecular flexibility index (Phi) is 3.49. The van der Waals surface area contributed by atoms with Gasteiger partial charge in [0.25, 0.3) is 0 Å². The summed E-state index contributed by atoms with van der Waals surface area (Å²) in [5.41, 5.74) is 1.48. The second-order valence-electron chi connectivity index (χ2n) is 3.77. The van der Waals surface area contributed by atoms with Crippen molar-refractivity contribution in [2.45, 2.75) is 23.5 Å². The van der Waals surface area contributed by atoms with E-state index >= 15 is 0 Å². The summed E-state index contributed by atoms with van der Waals surface area (Å²) in [7, 11) is 1.83. The number of aryl methyl sites for hydroxylation is 2. The van der Waals surface area contributed by atoms with Crippen molar-refractivity contribution in [3.05, 3.63) is 41.3 Å². The quantitative estimate of drug-likeness (QED) is 0.912. The Hall–Kier alpha value is -1.33. The Labute approximate surface area is 103 Å². The number of aliphatic hydroxyl groups excluding tert-OH is 1. The fourth-order valence-electron chi connectivity index (χ4n) is 1.52. The average molecular weight is 252 g/mol. The Bertz CT molecular complexity index is 539. The highest BCUT2D eigenvalue weighted by atomic mass is 32.2. The van der Waals surface area contributed by atoms with Gasteiger partial charge in [0, 0.05) is 11.9 Å². The van der Waals surface area contributed by atoms with Gasteiger partial charge in [0.15, 0.2) is 0 Å². The molecule has 0 aliphatic rings. The summed E-state index contributed by atoms with van der Waals surface area (Å²) in [6, 6.07) is 6.65. The van der Waals surface area contributed by atoms with Gasteiger partial charge in [-0.3, -0.25) is 4.68 Å². The van der Waals surface area contributed by atoms with Crippen molar-refractivity contribution in [1.82, 2.24) is 9.78 Å². The predicted octanol–water partition coefficient (Wildman–Crippen LogP) is 2.51. The molecule has 3 nitrogen and oxygen atoms in total. The van der Waals surface area contributed by atoms with Gasteiger partial charge in [-0.2, -0.15) is 5.10 Å². The van der Waals surface area contributed by atoms with Crippen LogP contribution in [0.1, 0.15) is 11.3 Å². The van der Waals surface area contributed by atoms with Crippen molar-refractivity contribution in [3.63, 3.8) is 0 Å². The molecule has 0 atom stereocenters. The highest BCUT2D eigenvalue weighted by Gasteiger charge is 2.09. The minimum absolute atomic E-state index is 0.146. The molecule has 0 spiro atoms. The summed E-state index contributed by atoms with van der Waals surface area (Å²) >= 11 is 1.32. The Morgan fingerprint density at radius 2 is 2.18 bits per heavy atom. The van der Waals surface area contributed by atoms with Crippen LogP contribution in [0.5, 0.6) is 0 Å². The highest BCUT2D eigenvalue weighted by Crippen LogP contribution is 2.30. The molecule has 1 aromatic heterocycles. The molecule has 0 fully saturated rings. The number of nitrogens with zero attached hydrogens (tertiary/aromatic N) is 2. The van der Waals surface area contributed by atoms with E-state index in [0.29, 0.717) is 10.5 Å². The molecule has 90 valence electrons. The van der Waals surface area contributed by atoms with E-state index in [1.807, 2.05) is 20.0 Å². The predicted molar refractivity (Wildman–Crippen MR) is 64.4 cm³/mol. The normalized spacial score (nSPS) is 10.8. The molecule has 0 saturated carbocycles. The fourth-order valence-corrected chi connectivity index (χ4v) is 2.44. The van der Waals surface area contributed by atoms with Crippen molar-refractivity contribution >= 4 is 11.8 Å². The van der Waals surface area contributed by atoms with Gasteiger partial charge < -0.3 is 5.11 Å². The first kappa shape index (κ1) is 12.1. The van der Waals surface area contributed by atoms with Crippen LogP contribution in [0.2, 0.25) is 0 Å². The van der Waals surface area contributed by atoms with Crippen molar-refractivity contribution in [2.75, 3.05) is 0 Å². The van der Waals surface area contributed by atoms with Gasteiger partial charge in [-0.05, 0) is 30.7 Å². The number of aliphatic hydroxyl groups is 1. The highest BCUT2D eigenvalue weighted by molar-refractivity contribution is 7.99. The molecule has 2 rings (SSSR count). The van der Waals surface area contributed by atoms with Gasteiger partial charge in [0.1, 0.15) is 5.82 Å². The third-order valence-corrected chi connectivity index (χ3v) is 3.49. The molecule has 0 saturated heterocycles. The summed E-state index contributed by atoms with van der Waals surface area (Å²) < 4.78 is 15.4. The lowest BCUT2D eigenvalue weighted by Crippen LogP contribution is -1.93. The SMILES string of the molecule is Cc1cc(Sc2ccc(CO)cc2F)n(C)n1. The van der Waals surface area contributed by atoms with Gasteiger partial charge in [-0.15, -0.1) is 0 Å². The summed E-state index contributed by atoms with van der Waals surface area (Å²) in [6.07, 6.45) is 0. The van der Waals surface area contributed by atoms with Gasteiger partial charge in [0.05, 0.1) is 17.3 Å². The van der Waals surface area contributed by atoms with E-state index in [2.05, 4.69) is 5.10 Å². The molecule has 0 aliphatic heterocycles. The molecule has 0 amide bonds. The lowest BCUT2D eigenvalue weighted by atomic mass is 10.2. The van der Waals surface area contributed by atoms with Crippen molar-refractivity contribution < 1.29 is 9.50 Å². The van der Waals surface area contributed by atoms with Crippen LogP contribution in [0.3, 0.4) is 0 Å². The van der Waals surface area contributed by atoms with Gasteiger partial charge >= 0.3 is 0 Å². The second-order valence-corrected chi connectivity index (χ2v) is 4.83. The number of hydrogen-bond acceptors (Lipinski definition) is 3. The maximum absolute atomic E-state index is 13.7. The van der Waals surface area contributed by atoms with Crippen LogP contribution in [-0.2, 0) is 13.7 Å². The van der Waals surface area contributed by atoms with Crippen LogP contribution in [0.4, 0.5) is 4.39 Å². The Morgan fingerprint density at radius 1 is 1.41 bits per heavy atom. The molecular formula is C12H13FN2OS. The Balaban J connectivity index is 2.27. The summed E-state index contributed by atoms with van der Waals surface area (Å²) in [4.78, 5) is 0.533. The molecule has 0 bridgehead atoms. The maximum Gasteiger partial charge on any atom is 0.137 e. The molecule has 0 unspecified atom stereocenters. The summed E-state index contributed by atoms with van der Waals surface area (Å²) in [5, 5.41) is 14.0. The Morgan fingerprint density at radius 3 is 2.71 bits per heavy atom. The average Bonchev–Trinajstić information content (AvgIpc) is 2.60. The van der Waals surface area contributed by atoms with E-state index < -0.39 is 0 Å². The maximum atomic E-state index is 13.7. The van der Waals surface area contributed by atoms with Gasteiger partial charge in [-0.1, -0.05) is 17.8 Å². The molecule has 0 radical (unpaired) electrons. The molecule has 1 aromatic carbocycles. The number of benzene rings is 1. The zero-order valence-electron chi connectivity index (χ0n) is 9.64. The molecule has 1 heterocycles. The molecule has 5 heteroatoms. The second kappa shape index (κ2) is 4.89. The first-order chi connectivity index (χ1) is 8.10. The third kappa shape index (κ3) is 2.68. The summed E-state index contributed by atoms with van der Waals surface area (Å²) in [6.45, 7) is 1.75. The van der Waals surface area contributed by atoms with Crippen molar-refractivity contribution in [1.29, 1.82) is 0 Å². The van der Waals surface area contributed by atoms with E-state index in [9.17, 15) is 4.39 Å². The van der Waals surface area contributed by atoms with E-state index in [0.717, 1.165) is 10.7 Å². The van der Waals surface area contributed by atoms with E-state index in [-0.39, 0.29) is 12.4 Å². The standard InChI is InChI=1S/C12H13FN2OS/c1-8-5-12(15(2)14-8)17-11-4-3-9(7-16)6-10(11)13/h3-6,16H,7H2,1-2H3. The first-order valence-corrected chi connectivity index (χ1v) is 5.99. The first-order valence-electron chi connectivity index (χ1n) is 5.18. The molecule has 2 aromatic rings. The monoisotopic (exact) mass is 252 g/mol. The molecule has 1 N–H and O–H groups in total. The number of rotatable bonds is 3. The van der Waals surface area contributed by atoms with Crippen LogP contribution in [0, 0.1) is 12.7 Å². The zero-order valence-corrected chi connectivity index (χ0v) is 10.5. The van der Waals surface area contributed by atoms with E-state index in [4.69, 9.17) is 5.11 Å². The zero-order chi connectivity index (χ0) is 12.4. The number of hydrogen-bond donors (Lipinski definition) is 1. The minimum Gasteiger partial charge on any atom is -0.392 e. The number of halogens is 1. The van der Waals surface area contributed by atoms with Crippen LogP contribution in [0.15, 0.2) is 34.2 Å².